The highest BCUT2D eigenvalue weighted by molar-refractivity contribution is 5.93. The molecule has 0 fully saturated rings. The number of nitrogens with zero attached hydrogens (tertiary/aromatic N) is 1. The fourth-order valence-electron chi connectivity index (χ4n) is 1.18. The summed E-state index contributed by atoms with van der Waals surface area (Å²) < 4.78 is 37.2. The first-order valence-corrected chi connectivity index (χ1v) is 4.55. The zero-order chi connectivity index (χ0) is 13.2. The number of carbonyl (C=O) groups is 1. The second kappa shape index (κ2) is 4.48. The lowest BCUT2D eigenvalue weighted by molar-refractivity contribution is -0.139. The quantitative estimate of drug-likeness (QED) is 0.763. The fraction of sp³-hybridized carbons (Fsp3) is 0.333. The molecule has 94 valence electrons. The number of carboxylic acid groups (broad SMARTS) is 1. The van der Waals surface area contributed by atoms with Crippen molar-refractivity contribution in [2.75, 3.05) is 11.9 Å². The van der Waals surface area contributed by atoms with Gasteiger partial charge in [0.2, 0.25) is 5.88 Å². The third-order valence-electron chi connectivity index (χ3n) is 1.88. The average Bonchev–Trinajstić information content (AvgIpc) is 2.15. The van der Waals surface area contributed by atoms with Gasteiger partial charge in [0.1, 0.15) is 16.9 Å². The summed E-state index contributed by atoms with van der Waals surface area (Å²) in [7, 11) is 0. The number of hydrogen-bond acceptors (Lipinski definition) is 4. The van der Waals surface area contributed by atoms with Gasteiger partial charge in [0.15, 0.2) is 0 Å². The van der Waals surface area contributed by atoms with Crippen LogP contribution in [0.5, 0.6) is 5.88 Å². The molecule has 0 saturated carbocycles. The van der Waals surface area contributed by atoms with Gasteiger partial charge in [-0.3, -0.25) is 0 Å². The lowest BCUT2D eigenvalue weighted by Crippen LogP contribution is -2.13. The largest absolute Gasteiger partial charge is 0.493 e. The van der Waals surface area contributed by atoms with E-state index in [1.54, 1.807) is 6.92 Å². The maximum absolute atomic E-state index is 12.4. The molecule has 0 saturated heterocycles. The molecule has 1 aromatic heterocycles. The van der Waals surface area contributed by atoms with Gasteiger partial charge in [0.05, 0.1) is 0 Å². The molecule has 1 rings (SSSR count). The van der Waals surface area contributed by atoms with Crippen LogP contribution >= 0.6 is 0 Å². The molecule has 0 bridgehead atoms. The SMILES string of the molecule is CCNc1nc(O)c(C(F)(F)F)cc1C(=O)O. The number of halogens is 3. The lowest BCUT2D eigenvalue weighted by Gasteiger charge is -2.12. The van der Waals surface area contributed by atoms with Crippen LogP contribution in [0.1, 0.15) is 22.8 Å². The monoisotopic (exact) mass is 250 g/mol. The molecule has 0 radical (unpaired) electrons. The minimum atomic E-state index is -4.86. The molecule has 0 unspecified atom stereocenters. The number of nitrogens with one attached hydrogen (secondary N) is 1. The zero-order valence-electron chi connectivity index (χ0n) is 8.67. The minimum absolute atomic E-state index is 0.262. The Kier molecular flexibility index (Phi) is 3.45. The summed E-state index contributed by atoms with van der Waals surface area (Å²) in [5.41, 5.74) is -2.12. The molecule has 3 N–H and O–H groups in total. The molecule has 0 amide bonds. The molecule has 1 heterocycles. The van der Waals surface area contributed by atoms with E-state index in [-0.39, 0.29) is 12.4 Å². The Morgan fingerprint density at radius 3 is 2.53 bits per heavy atom. The van der Waals surface area contributed by atoms with Crippen molar-refractivity contribution in [1.82, 2.24) is 4.98 Å². The van der Waals surface area contributed by atoms with Crippen LogP contribution in [0.3, 0.4) is 0 Å². The Hall–Kier alpha value is -1.99. The number of hydrogen-bond donors (Lipinski definition) is 3. The molecule has 17 heavy (non-hydrogen) atoms. The number of pyridine rings is 1. The van der Waals surface area contributed by atoms with E-state index in [9.17, 15) is 18.0 Å². The predicted octanol–water partition coefficient (Wildman–Crippen LogP) is 1.94. The zero-order valence-corrected chi connectivity index (χ0v) is 8.67. The van der Waals surface area contributed by atoms with Crippen LogP contribution in [0, 0.1) is 0 Å². The summed E-state index contributed by atoms with van der Waals surface area (Å²) in [5, 5.41) is 20.3. The summed E-state index contributed by atoms with van der Waals surface area (Å²) in [4.78, 5) is 14.0. The van der Waals surface area contributed by atoms with Crippen molar-refractivity contribution in [3.63, 3.8) is 0 Å². The number of alkyl halides is 3. The molecule has 5 nitrogen and oxygen atoms in total. The highest BCUT2D eigenvalue weighted by Gasteiger charge is 2.36. The molecule has 1 aromatic rings. The van der Waals surface area contributed by atoms with E-state index in [1.807, 2.05) is 0 Å². The van der Waals surface area contributed by atoms with Crippen LogP contribution in [0.15, 0.2) is 6.07 Å². The van der Waals surface area contributed by atoms with E-state index in [2.05, 4.69) is 10.3 Å². The van der Waals surface area contributed by atoms with Gasteiger partial charge >= 0.3 is 12.1 Å². The summed E-state index contributed by atoms with van der Waals surface area (Å²) in [6.45, 7) is 1.88. The maximum atomic E-state index is 12.4. The number of rotatable bonds is 3. The van der Waals surface area contributed by atoms with Crippen LogP contribution in [0.4, 0.5) is 19.0 Å². The summed E-state index contributed by atoms with van der Waals surface area (Å²) in [5.74, 6) is -3.11. The fourth-order valence-corrected chi connectivity index (χ4v) is 1.18. The highest BCUT2D eigenvalue weighted by Crippen LogP contribution is 2.36. The molecule has 8 heteroatoms. The normalized spacial score (nSPS) is 11.3. The van der Waals surface area contributed by atoms with E-state index in [4.69, 9.17) is 10.2 Å². The van der Waals surface area contributed by atoms with E-state index in [0.717, 1.165) is 0 Å². The lowest BCUT2D eigenvalue weighted by atomic mass is 10.1. The number of aromatic carboxylic acids is 1. The van der Waals surface area contributed by atoms with Crippen molar-refractivity contribution in [1.29, 1.82) is 0 Å². The van der Waals surface area contributed by atoms with Gasteiger partial charge in [-0.1, -0.05) is 0 Å². The smallest absolute Gasteiger partial charge is 0.421 e. The van der Waals surface area contributed by atoms with E-state index < -0.39 is 29.2 Å². The van der Waals surface area contributed by atoms with Gasteiger partial charge in [-0.05, 0) is 13.0 Å². The third-order valence-corrected chi connectivity index (χ3v) is 1.88. The Morgan fingerprint density at radius 2 is 2.12 bits per heavy atom. The molecule has 0 spiro atoms. The standard InChI is InChI=1S/C9H9F3N2O3/c1-2-13-6-4(8(16)17)3-5(7(15)14-6)9(10,11)12/h3H,2H2,1H3,(H,16,17)(H2,13,14,15). The molecule has 0 atom stereocenters. The van der Waals surface area contributed by atoms with Crippen molar-refractivity contribution in [3.05, 3.63) is 17.2 Å². The highest BCUT2D eigenvalue weighted by atomic mass is 19.4. The van der Waals surface area contributed by atoms with E-state index in [0.29, 0.717) is 6.07 Å². The van der Waals surface area contributed by atoms with Gasteiger partial charge in [-0.25, -0.2) is 4.79 Å². The van der Waals surface area contributed by atoms with Crippen molar-refractivity contribution >= 4 is 11.8 Å². The van der Waals surface area contributed by atoms with Crippen LogP contribution < -0.4 is 5.32 Å². The Bertz CT molecular complexity index is 446. The Labute approximate surface area is 93.9 Å². The maximum Gasteiger partial charge on any atom is 0.421 e. The number of aromatic nitrogens is 1. The van der Waals surface area contributed by atoms with Crippen LogP contribution in [0.2, 0.25) is 0 Å². The molecule has 0 aliphatic carbocycles. The molecule has 0 aromatic carbocycles. The molecular weight excluding hydrogens is 241 g/mol. The third kappa shape index (κ3) is 2.77. The Morgan fingerprint density at radius 1 is 1.53 bits per heavy atom. The average molecular weight is 250 g/mol. The van der Waals surface area contributed by atoms with Gasteiger partial charge < -0.3 is 15.5 Å². The number of carboxylic acids is 1. The number of aromatic hydroxyl groups is 1. The molecule has 0 aliphatic rings. The van der Waals surface area contributed by atoms with Gasteiger partial charge in [0, 0.05) is 6.54 Å². The van der Waals surface area contributed by atoms with E-state index >= 15 is 0 Å². The van der Waals surface area contributed by atoms with Gasteiger partial charge in [0.25, 0.3) is 0 Å². The summed E-state index contributed by atoms with van der Waals surface area (Å²) >= 11 is 0. The summed E-state index contributed by atoms with van der Waals surface area (Å²) in [6, 6.07) is 0.350. The van der Waals surface area contributed by atoms with Crippen LogP contribution in [-0.4, -0.2) is 27.7 Å². The van der Waals surface area contributed by atoms with Gasteiger partial charge in [-0.15, -0.1) is 0 Å². The van der Waals surface area contributed by atoms with Crippen LogP contribution in [0.25, 0.3) is 0 Å². The van der Waals surface area contributed by atoms with Crippen molar-refractivity contribution in [2.45, 2.75) is 13.1 Å². The predicted molar refractivity (Wildman–Crippen MR) is 52.0 cm³/mol. The van der Waals surface area contributed by atoms with Crippen molar-refractivity contribution in [2.24, 2.45) is 0 Å². The molecule has 0 aliphatic heterocycles. The second-order valence-corrected chi connectivity index (χ2v) is 3.09. The first-order valence-electron chi connectivity index (χ1n) is 4.55. The Balaban J connectivity index is 3.40. The summed E-state index contributed by atoms with van der Waals surface area (Å²) in [6.07, 6.45) is -4.86. The first kappa shape index (κ1) is 13.1. The topological polar surface area (TPSA) is 82.5 Å². The second-order valence-electron chi connectivity index (χ2n) is 3.09. The van der Waals surface area contributed by atoms with Crippen molar-refractivity contribution < 1.29 is 28.2 Å². The van der Waals surface area contributed by atoms with Gasteiger partial charge in [-0.2, -0.15) is 18.2 Å². The van der Waals surface area contributed by atoms with E-state index in [1.165, 1.54) is 0 Å². The van der Waals surface area contributed by atoms with Crippen LogP contribution in [-0.2, 0) is 6.18 Å². The minimum Gasteiger partial charge on any atom is -0.493 e. The number of anilines is 1. The molecular formula is C9H9F3N2O3. The van der Waals surface area contributed by atoms with Crippen molar-refractivity contribution in [3.8, 4) is 5.88 Å². The first-order chi connectivity index (χ1) is 7.77.